The Labute approximate surface area is 172 Å². The lowest BCUT2D eigenvalue weighted by Crippen LogP contribution is -2.24. The van der Waals surface area contributed by atoms with E-state index in [1.54, 1.807) is 24.3 Å². The zero-order valence-corrected chi connectivity index (χ0v) is 17.2. The first-order chi connectivity index (χ1) is 14.0. The third kappa shape index (κ3) is 4.96. The molecule has 0 N–H and O–H groups in total. The summed E-state index contributed by atoms with van der Waals surface area (Å²) in [5, 5.41) is 0. The SMILES string of the molecule is CCC(=O)N(C)c1ccc(-c2ccc(C(=O)CCc3cccnc3)cc2C)cc1. The molecule has 1 aromatic heterocycles. The Morgan fingerprint density at radius 2 is 1.79 bits per heavy atom. The first-order valence-corrected chi connectivity index (χ1v) is 9.89. The van der Waals surface area contributed by atoms with Crippen LogP contribution in [0.5, 0.6) is 0 Å². The van der Waals surface area contributed by atoms with E-state index in [1.165, 1.54) is 0 Å². The zero-order valence-electron chi connectivity index (χ0n) is 17.2. The number of carbonyl (C=O) groups excluding carboxylic acids is 2. The summed E-state index contributed by atoms with van der Waals surface area (Å²) >= 11 is 0. The summed E-state index contributed by atoms with van der Waals surface area (Å²) in [6.07, 6.45) is 5.18. The Morgan fingerprint density at radius 1 is 1.03 bits per heavy atom. The third-order valence-corrected chi connectivity index (χ3v) is 5.15. The summed E-state index contributed by atoms with van der Waals surface area (Å²) < 4.78 is 0. The number of pyridine rings is 1. The number of rotatable bonds is 7. The molecular formula is C25H26N2O2. The van der Waals surface area contributed by atoms with E-state index in [9.17, 15) is 9.59 Å². The van der Waals surface area contributed by atoms with Crippen LogP contribution in [-0.4, -0.2) is 23.7 Å². The van der Waals surface area contributed by atoms with Crippen molar-refractivity contribution in [3.8, 4) is 11.1 Å². The van der Waals surface area contributed by atoms with Crippen LogP contribution in [0.15, 0.2) is 67.0 Å². The molecule has 1 amide bonds. The lowest BCUT2D eigenvalue weighted by Gasteiger charge is -2.17. The van der Waals surface area contributed by atoms with Crippen LogP contribution >= 0.6 is 0 Å². The minimum absolute atomic E-state index is 0.0862. The Hall–Kier alpha value is -3.27. The highest BCUT2D eigenvalue weighted by atomic mass is 16.2. The highest BCUT2D eigenvalue weighted by molar-refractivity contribution is 5.97. The molecule has 3 rings (SSSR count). The average molecular weight is 386 g/mol. The van der Waals surface area contributed by atoms with Crippen molar-refractivity contribution in [2.45, 2.75) is 33.1 Å². The zero-order chi connectivity index (χ0) is 20.8. The predicted molar refractivity (Wildman–Crippen MR) is 117 cm³/mol. The van der Waals surface area contributed by atoms with E-state index in [4.69, 9.17) is 0 Å². The van der Waals surface area contributed by atoms with Crippen molar-refractivity contribution in [2.75, 3.05) is 11.9 Å². The molecular weight excluding hydrogens is 360 g/mol. The summed E-state index contributed by atoms with van der Waals surface area (Å²) in [4.78, 5) is 30.2. The van der Waals surface area contributed by atoms with Crippen molar-refractivity contribution >= 4 is 17.4 Å². The molecule has 0 saturated carbocycles. The Kier molecular flexibility index (Phi) is 6.55. The molecule has 0 spiro atoms. The average Bonchev–Trinajstić information content (AvgIpc) is 2.77. The second kappa shape index (κ2) is 9.28. The monoisotopic (exact) mass is 386 g/mol. The van der Waals surface area contributed by atoms with Gasteiger partial charge in [0.25, 0.3) is 0 Å². The van der Waals surface area contributed by atoms with Crippen LogP contribution in [0.3, 0.4) is 0 Å². The van der Waals surface area contributed by atoms with E-state index < -0.39 is 0 Å². The molecule has 2 aromatic carbocycles. The molecule has 0 unspecified atom stereocenters. The van der Waals surface area contributed by atoms with Crippen molar-refractivity contribution < 1.29 is 9.59 Å². The van der Waals surface area contributed by atoms with Crippen molar-refractivity contribution in [1.29, 1.82) is 0 Å². The number of carbonyl (C=O) groups is 2. The Morgan fingerprint density at radius 3 is 2.41 bits per heavy atom. The van der Waals surface area contributed by atoms with E-state index >= 15 is 0 Å². The van der Waals surface area contributed by atoms with Gasteiger partial charge in [-0.1, -0.05) is 37.3 Å². The van der Waals surface area contributed by atoms with Gasteiger partial charge in [0.1, 0.15) is 0 Å². The van der Waals surface area contributed by atoms with Gasteiger partial charge in [0, 0.05) is 43.5 Å². The number of nitrogens with zero attached hydrogens (tertiary/aromatic N) is 2. The van der Waals surface area contributed by atoms with Gasteiger partial charge < -0.3 is 4.90 Å². The molecule has 148 valence electrons. The summed E-state index contributed by atoms with van der Waals surface area (Å²) in [5.41, 5.74) is 5.90. The lowest BCUT2D eigenvalue weighted by molar-refractivity contribution is -0.118. The standard InChI is InChI=1S/C25H26N2O2/c1-4-25(29)27(3)22-11-8-20(9-12-22)23-13-10-21(16-18(23)2)24(28)14-7-19-6-5-15-26-17-19/h5-6,8-13,15-17H,4,7,14H2,1-3H3. The molecule has 0 fully saturated rings. The summed E-state index contributed by atoms with van der Waals surface area (Å²) in [6, 6.07) is 17.7. The van der Waals surface area contributed by atoms with Gasteiger partial charge in [-0.05, 0) is 59.9 Å². The molecule has 0 aliphatic rings. The molecule has 0 saturated heterocycles. The summed E-state index contributed by atoms with van der Waals surface area (Å²) in [5.74, 6) is 0.224. The van der Waals surface area contributed by atoms with Crippen LogP contribution in [-0.2, 0) is 11.2 Å². The number of ketones is 1. The maximum atomic E-state index is 12.6. The van der Waals surface area contributed by atoms with Crippen LogP contribution in [0.1, 0.15) is 41.3 Å². The minimum Gasteiger partial charge on any atom is -0.316 e. The molecule has 0 atom stereocenters. The molecule has 3 aromatic rings. The van der Waals surface area contributed by atoms with E-state index in [2.05, 4.69) is 4.98 Å². The first-order valence-electron chi connectivity index (χ1n) is 9.89. The van der Waals surface area contributed by atoms with E-state index in [1.807, 2.05) is 68.4 Å². The van der Waals surface area contributed by atoms with Gasteiger partial charge in [-0.25, -0.2) is 0 Å². The second-order valence-corrected chi connectivity index (χ2v) is 7.17. The highest BCUT2D eigenvalue weighted by Crippen LogP contribution is 2.27. The maximum absolute atomic E-state index is 12.6. The van der Waals surface area contributed by atoms with Crippen LogP contribution in [0.4, 0.5) is 5.69 Å². The molecule has 0 aliphatic carbocycles. The summed E-state index contributed by atoms with van der Waals surface area (Å²) in [6.45, 7) is 3.88. The third-order valence-electron chi connectivity index (χ3n) is 5.15. The van der Waals surface area contributed by atoms with Gasteiger partial charge in [-0.3, -0.25) is 14.6 Å². The van der Waals surface area contributed by atoms with E-state index in [-0.39, 0.29) is 11.7 Å². The van der Waals surface area contributed by atoms with Gasteiger partial charge in [-0.15, -0.1) is 0 Å². The van der Waals surface area contributed by atoms with Gasteiger partial charge in [-0.2, -0.15) is 0 Å². The molecule has 0 radical (unpaired) electrons. The van der Waals surface area contributed by atoms with Crippen LogP contribution in [0.25, 0.3) is 11.1 Å². The largest absolute Gasteiger partial charge is 0.316 e. The van der Waals surface area contributed by atoms with Crippen LogP contribution < -0.4 is 4.90 Å². The molecule has 4 nitrogen and oxygen atoms in total. The van der Waals surface area contributed by atoms with Crippen molar-refractivity contribution in [2.24, 2.45) is 0 Å². The van der Waals surface area contributed by atoms with Crippen LogP contribution in [0, 0.1) is 6.92 Å². The Balaban J connectivity index is 1.72. The molecule has 29 heavy (non-hydrogen) atoms. The number of benzene rings is 2. The molecule has 4 heteroatoms. The topological polar surface area (TPSA) is 50.3 Å². The van der Waals surface area contributed by atoms with Gasteiger partial charge in [0.05, 0.1) is 0 Å². The number of amides is 1. The fraction of sp³-hybridized carbons (Fsp3) is 0.240. The minimum atomic E-state index is 0.0862. The normalized spacial score (nSPS) is 10.6. The number of anilines is 1. The fourth-order valence-electron chi connectivity index (χ4n) is 3.35. The van der Waals surface area contributed by atoms with Gasteiger partial charge in [0.2, 0.25) is 5.91 Å². The number of aryl methyl sites for hydroxylation is 2. The second-order valence-electron chi connectivity index (χ2n) is 7.17. The quantitative estimate of drug-likeness (QED) is 0.521. The molecule has 1 heterocycles. The van der Waals surface area contributed by atoms with Crippen molar-refractivity contribution in [1.82, 2.24) is 4.98 Å². The van der Waals surface area contributed by atoms with Crippen molar-refractivity contribution in [3.05, 3.63) is 83.7 Å². The Bertz CT molecular complexity index is 995. The van der Waals surface area contributed by atoms with Crippen LogP contribution in [0.2, 0.25) is 0 Å². The number of hydrogen-bond acceptors (Lipinski definition) is 3. The smallest absolute Gasteiger partial charge is 0.226 e. The van der Waals surface area contributed by atoms with Crippen molar-refractivity contribution in [3.63, 3.8) is 0 Å². The highest BCUT2D eigenvalue weighted by Gasteiger charge is 2.11. The van der Waals surface area contributed by atoms with Gasteiger partial charge in [0.15, 0.2) is 5.78 Å². The number of Topliss-reactive ketones (excluding diaryl/α,β-unsaturated/α-hetero) is 1. The summed E-state index contributed by atoms with van der Waals surface area (Å²) in [7, 11) is 1.79. The van der Waals surface area contributed by atoms with Gasteiger partial charge >= 0.3 is 0 Å². The molecule has 0 aliphatic heterocycles. The fourth-order valence-corrected chi connectivity index (χ4v) is 3.35. The molecule has 0 bridgehead atoms. The van der Waals surface area contributed by atoms with E-state index in [0.717, 1.165) is 33.5 Å². The lowest BCUT2D eigenvalue weighted by atomic mass is 9.95. The van der Waals surface area contributed by atoms with E-state index in [0.29, 0.717) is 19.3 Å². The number of hydrogen-bond donors (Lipinski definition) is 0. The first kappa shape index (κ1) is 20.5. The maximum Gasteiger partial charge on any atom is 0.226 e. The predicted octanol–water partition coefficient (Wildman–Crippen LogP) is 5.25. The number of aromatic nitrogens is 1.